The lowest BCUT2D eigenvalue weighted by Gasteiger charge is -2.28. The first kappa shape index (κ1) is 16.0. The maximum absolute atomic E-state index is 12.8. The van der Waals surface area contributed by atoms with Gasteiger partial charge in [0.2, 0.25) is 10.0 Å². The third-order valence-electron chi connectivity index (χ3n) is 3.93. The molecule has 0 heterocycles. The van der Waals surface area contributed by atoms with E-state index in [2.05, 4.69) is 0 Å². The monoisotopic (exact) mass is 310 g/mol. The Kier molecular flexibility index (Phi) is 4.13. The van der Waals surface area contributed by atoms with Crippen LogP contribution in [-0.4, -0.2) is 31.3 Å². The molecule has 0 aromatic heterocycles. The van der Waals surface area contributed by atoms with E-state index in [1.54, 1.807) is 6.92 Å². The molecule has 0 unspecified atom stereocenters. The Morgan fingerprint density at radius 1 is 1.29 bits per heavy atom. The van der Waals surface area contributed by atoms with Crippen molar-refractivity contribution in [1.29, 1.82) is 0 Å². The highest BCUT2D eigenvalue weighted by Gasteiger charge is 2.35. The number of benzene rings is 1. The number of primary sulfonamides is 1. The lowest BCUT2D eigenvalue weighted by atomic mass is 10.0. The van der Waals surface area contributed by atoms with E-state index >= 15 is 0 Å². The molecule has 0 atom stereocenters. The normalized spacial score (nSPS) is 15.3. The summed E-state index contributed by atoms with van der Waals surface area (Å²) in [4.78, 5) is 14.6. The molecule has 1 saturated carbocycles. The van der Waals surface area contributed by atoms with E-state index in [1.807, 2.05) is 25.7 Å². The van der Waals surface area contributed by atoms with Gasteiger partial charge in [0.25, 0.3) is 5.91 Å². The Bertz CT molecular complexity index is 674. The summed E-state index contributed by atoms with van der Waals surface area (Å²) in [5.74, 6) is -0.112. The van der Waals surface area contributed by atoms with Gasteiger partial charge in [-0.2, -0.15) is 0 Å². The van der Waals surface area contributed by atoms with Crippen LogP contribution in [0.25, 0.3) is 0 Å². The molecule has 116 valence electrons. The predicted octanol–water partition coefficient (Wildman–Crippen LogP) is 1.96. The van der Waals surface area contributed by atoms with Crippen LogP contribution in [0.15, 0.2) is 17.0 Å². The molecule has 1 aromatic carbocycles. The molecule has 1 fully saturated rings. The van der Waals surface area contributed by atoms with Gasteiger partial charge in [0.05, 0.1) is 4.90 Å². The topological polar surface area (TPSA) is 80.5 Å². The predicted molar refractivity (Wildman–Crippen MR) is 81.6 cm³/mol. The van der Waals surface area contributed by atoms with Crippen molar-refractivity contribution < 1.29 is 13.2 Å². The number of amides is 1. The molecule has 6 heteroatoms. The van der Waals surface area contributed by atoms with Gasteiger partial charge < -0.3 is 4.90 Å². The van der Waals surface area contributed by atoms with Crippen LogP contribution in [-0.2, 0) is 10.0 Å². The van der Waals surface area contributed by atoms with Crippen LogP contribution in [0.2, 0.25) is 0 Å². The highest BCUT2D eigenvalue weighted by atomic mass is 32.2. The van der Waals surface area contributed by atoms with Crippen LogP contribution < -0.4 is 5.14 Å². The quantitative estimate of drug-likeness (QED) is 0.923. The lowest BCUT2D eigenvalue weighted by Crippen LogP contribution is -2.39. The van der Waals surface area contributed by atoms with Gasteiger partial charge in [-0.05, 0) is 63.8 Å². The summed E-state index contributed by atoms with van der Waals surface area (Å²) in [7, 11) is -3.82. The molecular formula is C15H22N2O3S. The number of rotatable bonds is 4. The Balaban J connectivity index is 2.52. The molecule has 5 nitrogen and oxygen atoms in total. The highest BCUT2D eigenvalue weighted by molar-refractivity contribution is 7.89. The van der Waals surface area contributed by atoms with E-state index in [-0.39, 0.29) is 22.9 Å². The van der Waals surface area contributed by atoms with Crippen LogP contribution in [0.1, 0.15) is 48.2 Å². The molecule has 2 rings (SSSR count). The maximum atomic E-state index is 12.8. The zero-order valence-electron chi connectivity index (χ0n) is 12.9. The number of sulfonamides is 1. The Morgan fingerprint density at radius 3 is 2.29 bits per heavy atom. The summed E-state index contributed by atoms with van der Waals surface area (Å²) in [6, 6.07) is 3.27. The Hall–Kier alpha value is -1.40. The van der Waals surface area contributed by atoms with Gasteiger partial charge in [0.1, 0.15) is 0 Å². The van der Waals surface area contributed by atoms with Gasteiger partial charge >= 0.3 is 0 Å². The molecule has 21 heavy (non-hydrogen) atoms. The number of carbonyl (C=O) groups is 1. The van der Waals surface area contributed by atoms with Crippen LogP contribution in [0, 0.1) is 13.8 Å². The molecule has 2 N–H and O–H groups in total. The minimum Gasteiger partial charge on any atom is -0.333 e. The molecule has 0 spiro atoms. The van der Waals surface area contributed by atoms with Crippen molar-refractivity contribution in [3.63, 3.8) is 0 Å². The number of nitrogens with zero attached hydrogens (tertiary/aromatic N) is 1. The van der Waals surface area contributed by atoms with Crippen molar-refractivity contribution in [2.75, 3.05) is 0 Å². The fraction of sp³-hybridized carbons (Fsp3) is 0.533. The molecule has 0 radical (unpaired) electrons. The van der Waals surface area contributed by atoms with Gasteiger partial charge in [-0.3, -0.25) is 4.79 Å². The van der Waals surface area contributed by atoms with E-state index < -0.39 is 10.0 Å². The average Bonchev–Trinajstić information content (AvgIpc) is 3.15. The van der Waals surface area contributed by atoms with Gasteiger partial charge in [0, 0.05) is 17.6 Å². The summed E-state index contributed by atoms with van der Waals surface area (Å²) in [5, 5.41) is 5.20. The molecule has 0 saturated heterocycles. The summed E-state index contributed by atoms with van der Waals surface area (Å²) < 4.78 is 23.1. The summed E-state index contributed by atoms with van der Waals surface area (Å²) >= 11 is 0. The summed E-state index contributed by atoms with van der Waals surface area (Å²) in [6.07, 6.45) is 2.02. The fourth-order valence-electron chi connectivity index (χ4n) is 2.53. The first-order valence-electron chi connectivity index (χ1n) is 7.09. The largest absolute Gasteiger partial charge is 0.333 e. The number of carbonyl (C=O) groups excluding carboxylic acids is 1. The molecular weight excluding hydrogens is 288 g/mol. The first-order chi connectivity index (χ1) is 9.62. The molecule has 1 amide bonds. The van der Waals surface area contributed by atoms with Crippen LogP contribution in [0.5, 0.6) is 0 Å². The van der Waals surface area contributed by atoms with Gasteiger partial charge in [-0.1, -0.05) is 0 Å². The van der Waals surface area contributed by atoms with E-state index in [0.717, 1.165) is 24.0 Å². The van der Waals surface area contributed by atoms with E-state index in [9.17, 15) is 13.2 Å². The smallest absolute Gasteiger partial charge is 0.254 e. The standard InChI is InChI=1S/C15H22N2O3S/c1-9(2)17(12-5-6-12)15(18)14-8-13(21(16,19)20)7-10(3)11(14)4/h7-9,12H,5-6H2,1-4H3,(H2,16,19,20). The summed E-state index contributed by atoms with van der Waals surface area (Å²) in [6.45, 7) is 7.57. The van der Waals surface area contributed by atoms with Crippen molar-refractivity contribution in [3.05, 3.63) is 28.8 Å². The number of nitrogens with two attached hydrogens (primary N) is 1. The first-order valence-corrected chi connectivity index (χ1v) is 8.64. The van der Waals surface area contributed by atoms with Gasteiger partial charge in [0.15, 0.2) is 0 Å². The lowest BCUT2D eigenvalue weighted by molar-refractivity contribution is 0.0689. The second-order valence-corrected chi connectivity index (χ2v) is 7.56. The van der Waals surface area contributed by atoms with Crippen LogP contribution >= 0.6 is 0 Å². The van der Waals surface area contributed by atoms with Gasteiger partial charge in [-0.15, -0.1) is 0 Å². The van der Waals surface area contributed by atoms with E-state index in [1.165, 1.54) is 12.1 Å². The average molecular weight is 310 g/mol. The zero-order valence-corrected chi connectivity index (χ0v) is 13.7. The molecule has 1 aliphatic rings. The number of hydrogen-bond donors (Lipinski definition) is 1. The third kappa shape index (κ3) is 3.27. The van der Waals surface area contributed by atoms with Crippen molar-refractivity contribution in [2.45, 2.75) is 57.5 Å². The minimum atomic E-state index is -3.82. The van der Waals surface area contributed by atoms with Crippen molar-refractivity contribution in [3.8, 4) is 0 Å². The molecule has 0 aliphatic heterocycles. The van der Waals surface area contributed by atoms with Crippen LogP contribution in [0.3, 0.4) is 0 Å². The fourth-order valence-corrected chi connectivity index (χ4v) is 3.15. The maximum Gasteiger partial charge on any atom is 0.254 e. The highest BCUT2D eigenvalue weighted by Crippen LogP contribution is 2.31. The van der Waals surface area contributed by atoms with E-state index in [0.29, 0.717) is 5.56 Å². The number of aryl methyl sites for hydroxylation is 1. The second kappa shape index (κ2) is 5.42. The van der Waals surface area contributed by atoms with Gasteiger partial charge in [-0.25, -0.2) is 13.6 Å². The van der Waals surface area contributed by atoms with E-state index in [4.69, 9.17) is 5.14 Å². The number of hydrogen-bond acceptors (Lipinski definition) is 3. The minimum absolute atomic E-state index is 0.00606. The van der Waals surface area contributed by atoms with Crippen molar-refractivity contribution in [1.82, 2.24) is 4.90 Å². The SMILES string of the molecule is Cc1cc(S(N)(=O)=O)cc(C(=O)N(C(C)C)C2CC2)c1C. The van der Waals surface area contributed by atoms with Crippen LogP contribution in [0.4, 0.5) is 0 Å². The third-order valence-corrected chi connectivity index (χ3v) is 4.82. The zero-order chi connectivity index (χ0) is 15.9. The summed E-state index contributed by atoms with van der Waals surface area (Å²) in [5.41, 5.74) is 1.99. The Morgan fingerprint density at radius 2 is 1.86 bits per heavy atom. The van der Waals surface area contributed by atoms with Crippen molar-refractivity contribution >= 4 is 15.9 Å². The molecule has 0 bridgehead atoms. The molecule has 1 aromatic rings. The Labute approximate surface area is 126 Å². The molecule has 1 aliphatic carbocycles. The second-order valence-electron chi connectivity index (χ2n) is 6.00. The van der Waals surface area contributed by atoms with Crippen molar-refractivity contribution in [2.24, 2.45) is 5.14 Å².